The number of hydrogen-bond donors (Lipinski definition) is 2. The van der Waals surface area contributed by atoms with Crippen molar-refractivity contribution in [2.24, 2.45) is 0 Å². The Balaban J connectivity index is 1.35. The van der Waals surface area contributed by atoms with E-state index in [1.807, 2.05) is 18.2 Å². The molecule has 3 aliphatic rings. The van der Waals surface area contributed by atoms with Gasteiger partial charge in [-0.05, 0) is 55.9 Å². The normalized spacial score (nSPS) is 22.7. The second kappa shape index (κ2) is 5.34. The predicted octanol–water partition coefficient (Wildman–Crippen LogP) is 2.01. The molecule has 4 nitrogen and oxygen atoms in total. The second-order valence-corrected chi connectivity index (χ2v) is 6.56. The molecule has 2 heterocycles. The van der Waals surface area contributed by atoms with E-state index in [1.165, 1.54) is 24.1 Å². The van der Waals surface area contributed by atoms with Crippen molar-refractivity contribution in [2.45, 2.75) is 44.2 Å². The zero-order chi connectivity index (χ0) is 14.2. The van der Waals surface area contributed by atoms with Gasteiger partial charge in [-0.25, -0.2) is 0 Å². The molecule has 0 bridgehead atoms. The van der Waals surface area contributed by atoms with Gasteiger partial charge in [0.15, 0.2) is 0 Å². The van der Waals surface area contributed by atoms with E-state index in [-0.39, 0.29) is 5.91 Å². The van der Waals surface area contributed by atoms with Crippen molar-refractivity contribution in [3.8, 4) is 0 Å². The van der Waals surface area contributed by atoms with Crippen LogP contribution in [0.15, 0.2) is 18.2 Å². The summed E-state index contributed by atoms with van der Waals surface area (Å²) in [6, 6.07) is 7.22. The van der Waals surface area contributed by atoms with Crippen molar-refractivity contribution in [2.75, 3.05) is 25.0 Å². The van der Waals surface area contributed by atoms with Crippen molar-refractivity contribution in [1.82, 2.24) is 10.2 Å². The molecule has 1 saturated carbocycles. The Morgan fingerprint density at radius 1 is 1.19 bits per heavy atom. The van der Waals surface area contributed by atoms with Crippen LogP contribution in [0.5, 0.6) is 0 Å². The molecule has 2 aliphatic heterocycles. The zero-order valence-electron chi connectivity index (χ0n) is 12.4. The second-order valence-electron chi connectivity index (χ2n) is 6.56. The van der Waals surface area contributed by atoms with Gasteiger partial charge in [0.1, 0.15) is 0 Å². The van der Waals surface area contributed by atoms with Gasteiger partial charge in [0, 0.05) is 43.0 Å². The van der Waals surface area contributed by atoms with Crippen molar-refractivity contribution >= 4 is 11.6 Å². The molecule has 1 aromatic carbocycles. The third-order valence-electron chi connectivity index (χ3n) is 5.01. The van der Waals surface area contributed by atoms with Gasteiger partial charge in [-0.15, -0.1) is 0 Å². The Morgan fingerprint density at radius 3 is 2.76 bits per heavy atom. The minimum Gasteiger partial charge on any atom is -0.384 e. The molecule has 0 unspecified atom stereocenters. The van der Waals surface area contributed by atoms with E-state index in [1.54, 1.807) is 0 Å². The van der Waals surface area contributed by atoms with Crippen molar-refractivity contribution in [3.05, 3.63) is 29.3 Å². The van der Waals surface area contributed by atoms with Gasteiger partial charge >= 0.3 is 0 Å². The van der Waals surface area contributed by atoms with Crippen LogP contribution in [0.4, 0.5) is 5.69 Å². The zero-order valence-corrected chi connectivity index (χ0v) is 12.4. The number of hydrogen-bond acceptors (Lipinski definition) is 3. The van der Waals surface area contributed by atoms with E-state index in [2.05, 4.69) is 15.5 Å². The molecule has 1 aromatic rings. The number of rotatable bonds is 3. The predicted molar refractivity (Wildman–Crippen MR) is 83.7 cm³/mol. The highest BCUT2D eigenvalue weighted by molar-refractivity contribution is 5.95. The van der Waals surface area contributed by atoms with E-state index < -0.39 is 0 Å². The average molecular weight is 285 g/mol. The summed E-state index contributed by atoms with van der Waals surface area (Å²) in [7, 11) is 0. The fourth-order valence-corrected chi connectivity index (χ4v) is 3.56. The van der Waals surface area contributed by atoms with E-state index >= 15 is 0 Å². The standard InChI is InChI=1S/C17H23N3O/c21-17(13-1-4-16-12(11-13)5-8-18-16)19-14-6-9-20(10-7-14)15-2-3-15/h1,4,11,14-15,18H,2-3,5-10H2,(H,19,21). The molecular formula is C17H23N3O. The Bertz CT molecular complexity index is 545. The van der Waals surface area contributed by atoms with Crippen LogP contribution in [-0.2, 0) is 6.42 Å². The lowest BCUT2D eigenvalue weighted by molar-refractivity contribution is 0.0909. The molecule has 112 valence electrons. The smallest absolute Gasteiger partial charge is 0.251 e. The summed E-state index contributed by atoms with van der Waals surface area (Å²) in [5.74, 6) is 0.0922. The summed E-state index contributed by atoms with van der Waals surface area (Å²) in [4.78, 5) is 15.0. The Kier molecular flexibility index (Phi) is 3.34. The number of piperidine rings is 1. The Hall–Kier alpha value is -1.55. The number of anilines is 1. The van der Waals surface area contributed by atoms with E-state index in [9.17, 15) is 4.79 Å². The summed E-state index contributed by atoms with van der Waals surface area (Å²) >= 11 is 0. The molecule has 0 aromatic heterocycles. The van der Waals surface area contributed by atoms with Gasteiger partial charge in [-0.1, -0.05) is 0 Å². The third-order valence-corrected chi connectivity index (χ3v) is 5.01. The van der Waals surface area contributed by atoms with Crippen LogP contribution in [0, 0.1) is 0 Å². The number of carbonyl (C=O) groups is 1. The van der Waals surface area contributed by atoms with Gasteiger partial charge in [-0.3, -0.25) is 4.79 Å². The topological polar surface area (TPSA) is 44.4 Å². The number of carbonyl (C=O) groups excluding carboxylic acids is 1. The van der Waals surface area contributed by atoms with Gasteiger partial charge in [0.05, 0.1) is 0 Å². The van der Waals surface area contributed by atoms with Gasteiger partial charge < -0.3 is 15.5 Å². The van der Waals surface area contributed by atoms with Crippen LogP contribution in [0.25, 0.3) is 0 Å². The molecule has 0 radical (unpaired) electrons. The number of benzene rings is 1. The number of nitrogens with zero attached hydrogens (tertiary/aromatic N) is 1. The lowest BCUT2D eigenvalue weighted by Crippen LogP contribution is -2.45. The highest BCUT2D eigenvalue weighted by Crippen LogP contribution is 2.29. The van der Waals surface area contributed by atoms with Gasteiger partial charge in [0.25, 0.3) is 5.91 Å². The molecular weight excluding hydrogens is 262 g/mol. The first-order valence-electron chi connectivity index (χ1n) is 8.21. The van der Waals surface area contributed by atoms with Crippen molar-refractivity contribution in [1.29, 1.82) is 0 Å². The summed E-state index contributed by atoms with van der Waals surface area (Å²) in [5, 5.41) is 6.55. The monoisotopic (exact) mass is 285 g/mol. The number of fused-ring (bicyclic) bond motifs is 1. The minimum absolute atomic E-state index is 0.0922. The van der Waals surface area contributed by atoms with Gasteiger partial charge in [-0.2, -0.15) is 0 Å². The molecule has 1 saturated heterocycles. The maximum atomic E-state index is 12.4. The molecule has 4 heteroatoms. The highest BCUT2D eigenvalue weighted by Gasteiger charge is 2.32. The number of amides is 1. The Morgan fingerprint density at radius 2 is 2.00 bits per heavy atom. The quantitative estimate of drug-likeness (QED) is 0.893. The summed E-state index contributed by atoms with van der Waals surface area (Å²) < 4.78 is 0. The van der Waals surface area contributed by atoms with Crippen LogP contribution in [0.2, 0.25) is 0 Å². The largest absolute Gasteiger partial charge is 0.384 e. The maximum absolute atomic E-state index is 12.4. The van der Waals surface area contributed by atoms with Crippen LogP contribution in [0.1, 0.15) is 41.6 Å². The van der Waals surface area contributed by atoms with Crippen LogP contribution in [-0.4, -0.2) is 42.5 Å². The number of nitrogens with one attached hydrogen (secondary N) is 2. The summed E-state index contributed by atoms with van der Waals surface area (Å²) in [6.07, 6.45) is 5.96. The average Bonchev–Trinajstić information content (AvgIpc) is 3.25. The van der Waals surface area contributed by atoms with Crippen LogP contribution in [0.3, 0.4) is 0 Å². The molecule has 4 rings (SSSR count). The van der Waals surface area contributed by atoms with Crippen LogP contribution >= 0.6 is 0 Å². The summed E-state index contributed by atoms with van der Waals surface area (Å²) in [5.41, 5.74) is 3.26. The highest BCUT2D eigenvalue weighted by atomic mass is 16.1. The van der Waals surface area contributed by atoms with E-state index in [0.29, 0.717) is 6.04 Å². The molecule has 2 N–H and O–H groups in total. The van der Waals surface area contributed by atoms with Crippen LogP contribution < -0.4 is 10.6 Å². The van der Waals surface area contributed by atoms with Crippen molar-refractivity contribution in [3.63, 3.8) is 0 Å². The maximum Gasteiger partial charge on any atom is 0.251 e. The fourth-order valence-electron chi connectivity index (χ4n) is 3.56. The molecule has 0 spiro atoms. The first kappa shape index (κ1) is 13.1. The number of likely N-dealkylation sites (tertiary alicyclic amines) is 1. The fraction of sp³-hybridized carbons (Fsp3) is 0.588. The lowest BCUT2D eigenvalue weighted by Gasteiger charge is -2.32. The molecule has 1 amide bonds. The molecule has 1 aliphatic carbocycles. The molecule has 0 atom stereocenters. The third kappa shape index (κ3) is 2.77. The van der Waals surface area contributed by atoms with E-state index in [4.69, 9.17) is 0 Å². The first-order chi connectivity index (χ1) is 10.3. The molecule has 2 fully saturated rings. The summed E-state index contributed by atoms with van der Waals surface area (Å²) in [6.45, 7) is 3.27. The van der Waals surface area contributed by atoms with Gasteiger partial charge in [0.2, 0.25) is 0 Å². The lowest BCUT2D eigenvalue weighted by atomic mass is 10.0. The minimum atomic E-state index is 0.0922. The van der Waals surface area contributed by atoms with Crippen molar-refractivity contribution < 1.29 is 4.79 Å². The molecule has 21 heavy (non-hydrogen) atoms. The Labute approximate surface area is 125 Å². The SMILES string of the molecule is O=C(NC1CCN(C2CC2)CC1)c1ccc2c(c1)CCN2. The van der Waals surface area contributed by atoms with E-state index in [0.717, 1.165) is 50.5 Å². The first-order valence-corrected chi connectivity index (χ1v) is 8.21.